The lowest BCUT2D eigenvalue weighted by molar-refractivity contribution is 0.577. The predicted octanol–water partition coefficient (Wildman–Crippen LogP) is 4.05. The normalized spacial score (nSPS) is 13.6. The molecule has 0 saturated heterocycles. The third kappa shape index (κ3) is 4.92. The number of hydrogen-bond donors (Lipinski definition) is 1. The molecular weight excluding hydrogens is 450 g/mol. The number of hydrogen-bond acceptors (Lipinski definition) is 2. The van der Waals surface area contributed by atoms with Gasteiger partial charge in [-0.25, -0.2) is 13.1 Å². The van der Waals surface area contributed by atoms with Gasteiger partial charge in [-0.1, -0.05) is 38.8 Å². The highest BCUT2D eigenvalue weighted by Crippen LogP contribution is 2.25. The Morgan fingerprint density at radius 3 is 2.61 bits per heavy atom. The van der Waals surface area contributed by atoms with Crippen LogP contribution in [0.4, 0.5) is 0 Å². The van der Waals surface area contributed by atoms with E-state index in [1.165, 1.54) is 0 Å². The summed E-state index contributed by atoms with van der Waals surface area (Å²) < 4.78 is 28.1. The van der Waals surface area contributed by atoms with Gasteiger partial charge in [0.25, 0.3) is 0 Å². The van der Waals surface area contributed by atoms with Crippen LogP contribution < -0.4 is 4.72 Å². The van der Waals surface area contributed by atoms with E-state index in [4.69, 9.17) is 0 Å². The van der Waals surface area contributed by atoms with Crippen LogP contribution in [0.3, 0.4) is 0 Å². The van der Waals surface area contributed by atoms with Gasteiger partial charge < -0.3 is 0 Å². The molecule has 0 aliphatic carbocycles. The van der Waals surface area contributed by atoms with Crippen LogP contribution in [0.15, 0.2) is 32.0 Å². The molecule has 0 heterocycles. The zero-order chi connectivity index (χ0) is 13.8. The van der Waals surface area contributed by atoms with Crippen molar-refractivity contribution in [3.63, 3.8) is 0 Å². The van der Waals surface area contributed by atoms with Gasteiger partial charge in [-0.15, -0.1) is 0 Å². The smallest absolute Gasteiger partial charge is 0.211 e. The van der Waals surface area contributed by atoms with Crippen molar-refractivity contribution in [2.45, 2.75) is 29.5 Å². The van der Waals surface area contributed by atoms with Crippen molar-refractivity contribution in [1.82, 2.24) is 4.72 Å². The molecule has 0 spiro atoms. The van der Waals surface area contributed by atoms with E-state index in [0.29, 0.717) is 15.8 Å². The second-order valence-corrected chi connectivity index (χ2v) is 8.57. The zero-order valence-corrected chi connectivity index (χ0v) is 15.4. The summed E-state index contributed by atoms with van der Waals surface area (Å²) in [5.74, 6) is 0. The molecule has 0 bridgehead atoms. The fourth-order valence-electron chi connectivity index (χ4n) is 1.31. The Kier molecular flexibility index (Phi) is 6.81. The summed E-state index contributed by atoms with van der Waals surface area (Å²) in [6.45, 7) is 2.48. The molecule has 0 aliphatic rings. The maximum Gasteiger partial charge on any atom is 0.241 e. The highest BCUT2D eigenvalue weighted by Gasteiger charge is 2.17. The van der Waals surface area contributed by atoms with Gasteiger partial charge in [0.2, 0.25) is 10.0 Å². The summed E-state index contributed by atoms with van der Waals surface area (Å²) in [6, 6.07) is 5.07. The maximum atomic E-state index is 12.1. The van der Waals surface area contributed by atoms with E-state index in [1.807, 2.05) is 0 Å². The average Bonchev–Trinajstić information content (AvgIpc) is 2.31. The van der Waals surface area contributed by atoms with Gasteiger partial charge in [-0.2, -0.15) is 0 Å². The van der Waals surface area contributed by atoms with E-state index in [-0.39, 0.29) is 4.90 Å². The minimum absolute atomic E-state index is 0.250. The van der Waals surface area contributed by atoms with Gasteiger partial charge >= 0.3 is 0 Å². The van der Waals surface area contributed by atoms with Crippen molar-refractivity contribution in [3.05, 3.63) is 27.1 Å². The molecule has 0 fully saturated rings. The van der Waals surface area contributed by atoms with Crippen molar-refractivity contribution in [2.24, 2.45) is 0 Å². The van der Waals surface area contributed by atoms with E-state index in [0.717, 1.165) is 17.3 Å². The van der Waals surface area contributed by atoms with Gasteiger partial charge in [0.15, 0.2) is 0 Å². The first kappa shape index (κ1) is 16.6. The highest BCUT2D eigenvalue weighted by molar-refractivity contribution is 9.11. The molecule has 1 unspecified atom stereocenters. The summed E-state index contributed by atoms with van der Waals surface area (Å²) in [5, 5.41) is 0. The first-order valence-corrected chi connectivity index (χ1v) is 9.44. The Balaban J connectivity index is 2.77. The molecule has 3 nitrogen and oxygen atoms in total. The van der Waals surface area contributed by atoms with Gasteiger partial charge in [0.1, 0.15) is 0 Å². The topological polar surface area (TPSA) is 46.2 Å². The average molecular weight is 464 g/mol. The summed E-state index contributed by atoms with van der Waals surface area (Å²) in [6.07, 6.45) is 1.74. The Hall–Kier alpha value is 0.570. The van der Waals surface area contributed by atoms with Crippen molar-refractivity contribution >= 4 is 57.8 Å². The minimum atomic E-state index is -3.47. The number of benzene rings is 1. The molecule has 7 heteroatoms. The summed E-state index contributed by atoms with van der Waals surface area (Å²) in [7, 11) is -3.47. The van der Waals surface area contributed by atoms with Crippen LogP contribution in [0, 0.1) is 0 Å². The van der Waals surface area contributed by atoms with E-state index in [9.17, 15) is 8.42 Å². The monoisotopic (exact) mass is 461 g/mol. The van der Waals surface area contributed by atoms with Crippen LogP contribution in [0.5, 0.6) is 0 Å². The number of sulfonamides is 1. The van der Waals surface area contributed by atoms with E-state index in [1.54, 1.807) is 18.2 Å². The van der Waals surface area contributed by atoms with Crippen molar-refractivity contribution in [3.8, 4) is 0 Å². The number of nitrogens with one attached hydrogen (secondary N) is 1. The van der Waals surface area contributed by atoms with Crippen LogP contribution in [-0.2, 0) is 10.0 Å². The quantitative estimate of drug-likeness (QED) is 0.647. The lowest BCUT2D eigenvalue weighted by atomic mass is 10.2. The van der Waals surface area contributed by atoms with Crippen LogP contribution in [-0.4, -0.2) is 19.8 Å². The Labute approximate surface area is 133 Å². The lowest BCUT2D eigenvalue weighted by Gasteiger charge is -2.10. The standard InChI is InChI=1S/C11H14Br3NO2S/c1-2-8(12)5-6-15-18(16,17)11-7-9(13)3-4-10(11)14/h3-4,7-8,15H,2,5-6H2,1H3. The fourth-order valence-corrected chi connectivity index (χ4v) is 4.09. The molecule has 0 saturated carbocycles. The van der Waals surface area contributed by atoms with Crippen LogP contribution in [0.2, 0.25) is 0 Å². The molecule has 1 N–H and O–H groups in total. The second-order valence-electron chi connectivity index (χ2n) is 3.77. The molecule has 0 radical (unpaired) electrons. The molecule has 0 aromatic heterocycles. The second kappa shape index (κ2) is 7.38. The Morgan fingerprint density at radius 1 is 1.33 bits per heavy atom. The van der Waals surface area contributed by atoms with Gasteiger partial charge in [0.05, 0.1) is 4.90 Å². The fraction of sp³-hybridized carbons (Fsp3) is 0.455. The van der Waals surface area contributed by atoms with Crippen LogP contribution in [0.1, 0.15) is 19.8 Å². The number of halogens is 3. The molecule has 102 valence electrons. The third-order valence-corrected chi connectivity index (χ3v) is 6.43. The molecule has 1 aromatic rings. The van der Waals surface area contributed by atoms with E-state index >= 15 is 0 Å². The van der Waals surface area contributed by atoms with Crippen LogP contribution >= 0.6 is 47.8 Å². The number of alkyl halides is 1. The molecule has 1 rings (SSSR count). The molecule has 18 heavy (non-hydrogen) atoms. The Morgan fingerprint density at radius 2 is 2.00 bits per heavy atom. The molecule has 0 amide bonds. The molecule has 1 atom stereocenters. The SMILES string of the molecule is CCC(Br)CCNS(=O)(=O)c1cc(Br)ccc1Br. The summed E-state index contributed by atoms with van der Waals surface area (Å²) in [4.78, 5) is 0.589. The lowest BCUT2D eigenvalue weighted by Crippen LogP contribution is -2.26. The van der Waals surface area contributed by atoms with E-state index < -0.39 is 10.0 Å². The van der Waals surface area contributed by atoms with Crippen molar-refractivity contribution < 1.29 is 8.42 Å². The van der Waals surface area contributed by atoms with Crippen molar-refractivity contribution in [2.75, 3.05) is 6.54 Å². The van der Waals surface area contributed by atoms with Crippen LogP contribution in [0.25, 0.3) is 0 Å². The predicted molar refractivity (Wildman–Crippen MR) is 84.7 cm³/mol. The van der Waals surface area contributed by atoms with Gasteiger partial charge in [-0.3, -0.25) is 0 Å². The summed E-state index contributed by atoms with van der Waals surface area (Å²) in [5.41, 5.74) is 0. The largest absolute Gasteiger partial charge is 0.241 e. The van der Waals surface area contributed by atoms with Crippen molar-refractivity contribution in [1.29, 1.82) is 0 Å². The van der Waals surface area contributed by atoms with E-state index in [2.05, 4.69) is 59.4 Å². The maximum absolute atomic E-state index is 12.1. The Bertz CT molecular complexity index is 505. The first-order valence-electron chi connectivity index (χ1n) is 5.45. The first-order chi connectivity index (χ1) is 8.36. The highest BCUT2D eigenvalue weighted by atomic mass is 79.9. The third-order valence-electron chi connectivity index (χ3n) is 2.38. The molecule has 0 aliphatic heterocycles. The zero-order valence-electron chi connectivity index (χ0n) is 9.79. The number of rotatable bonds is 6. The van der Waals surface area contributed by atoms with Gasteiger partial charge in [-0.05, 0) is 47.0 Å². The molecule has 1 aromatic carbocycles. The molecular formula is C11H14Br3NO2S. The summed E-state index contributed by atoms with van der Waals surface area (Å²) >= 11 is 10.00. The minimum Gasteiger partial charge on any atom is -0.211 e. The van der Waals surface area contributed by atoms with Gasteiger partial charge in [0, 0.05) is 20.3 Å².